The minimum Gasteiger partial charge on any atom is -0.456 e. The van der Waals surface area contributed by atoms with Crippen molar-refractivity contribution in [2.75, 3.05) is 0 Å². The summed E-state index contributed by atoms with van der Waals surface area (Å²) in [6, 6.07) is 61.1. The second kappa shape index (κ2) is 11.7. The first-order chi connectivity index (χ1) is 29.8. The van der Waals surface area contributed by atoms with Gasteiger partial charge >= 0.3 is 0 Å². The Morgan fingerprint density at radius 1 is 0.350 bits per heavy atom. The van der Waals surface area contributed by atoms with Gasteiger partial charge in [0.05, 0.1) is 33.1 Å². The second-order valence-corrected chi connectivity index (χ2v) is 15.5. The molecule has 6 aromatic heterocycles. The molecule has 60 heavy (non-hydrogen) atoms. The molecule has 0 spiro atoms. The Balaban J connectivity index is 1.10. The summed E-state index contributed by atoms with van der Waals surface area (Å²) in [6.07, 6.45) is 0. The van der Waals surface area contributed by atoms with Gasteiger partial charge in [0, 0.05) is 54.4 Å². The van der Waals surface area contributed by atoms with E-state index in [0.29, 0.717) is 17.5 Å². The molecule has 8 aromatic carbocycles. The van der Waals surface area contributed by atoms with Crippen molar-refractivity contribution >= 4 is 93.0 Å². The molecule has 14 rings (SSSR count). The molecule has 0 aliphatic rings. The number of furan rings is 2. The van der Waals surface area contributed by atoms with Gasteiger partial charge in [0.2, 0.25) is 5.71 Å². The number of hydrogen-bond acceptors (Lipinski definition) is 5. The van der Waals surface area contributed by atoms with Gasteiger partial charge in [-0.05, 0) is 60.0 Å². The van der Waals surface area contributed by atoms with Gasteiger partial charge in [-0.3, -0.25) is 4.40 Å². The number of para-hydroxylation sites is 4. The minimum absolute atomic E-state index is 0.579. The van der Waals surface area contributed by atoms with Gasteiger partial charge in [-0.25, -0.2) is 15.0 Å². The topological polar surface area (TPSA) is 74.3 Å². The Kier molecular flexibility index (Phi) is 6.17. The number of benzene rings is 8. The molecule has 0 fully saturated rings. The van der Waals surface area contributed by atoms with Crippen LogP contribution in [0.3, 0.4) is 0 Å². The molecule has 0 unspecified atom stereocenters. The molecule has 6 heterocycles. The van der Waals surface area contributed by atoms with E-state index >= 15 is 0 Å². The van der Waals surface area contributed by atoms with Gasteiger partial charge in [-0.1, -0.05) is 121 Å². The third-order valence-electron chi connectivity index (χ3n) is 12.3. The molecule has 0 amide bonds. The number of aromatic nitrogens is 5. The average Bonchev–Trinajstić information content (AvgIpc) is 4.04. The van der Waals surface area contributed by atoms with Crippen molar-refractivity contribution in [3.8, 4) is 39.9 Å². The highest BCUT2D eigenvalue weighted by Gasteiger charge is 2.27. The second-order valence-electron chi connectivity index (χ2n) is 15.5. The molecule has 0 atom stereocenters. The fraction of sp³-hybridized carbons (Fsp3) is 0. The molecule has 7 heteroatoms. The van der Waals surface area contributed by atoms with E-state index < -0.39 is 0 Å². The summed E-state index contributed by atoms with van der Waals surface area (Å²) in [6.45, 7) is 0. The van der Waals surface area contributed by atoms with Crippen molar-refractivity contribution in [3.05, 3.63) is 176 Å². The average molecular weight is 768 g/mol. The molecule has 0 saturated heterocycles. The predicted molar refractivity (Wildman–Crippen MR) is 242 cm³/mol. The van der Waals surface area contributed by atoms with Gasteiger partial charge in [0.25, 0.3) is 0 Å². The van der Waals surface area contributed by atoms with Crippen LogP contribution in [-0.4, -0.2) is 23.9 Å². The number of nitrogens with zero attached hydrogens (tertiary/aromatic N) is 5. The highest BCUT2D eigenvalue weighted by atomic mass is 16.3. The van der Waals surface area contributed by atoms with Gasteiger partial charge in [0.15, 0.2) is 17.5 Å². The van der Waals surface area contributed by atoms with Crippen LogP contribution in [-0.2, 0) is 0 Å². The molecule has 0 bridgehead atoms. The normalized spacial score (nSPS) is 12.3. The summed E-state index contributed by atoms with van der Waals surface area (Å²) in [5.41, 5.74) is 11.4. The van der Waals surface area contributed by atoms with Crippen molar-refractivity contribution in [2.24, 2.45) is 0 Å². The molecular formula is C53H29N5O2. The molecule has 14 aromatic rings. The van der Waals surface area contributed by atoms with E-state index in [2.05, 4.69) is 118 Å². The van der Waals surface area contributed by atoms with E-state index in [-0.39, 0.29) is 0 Å². The van der Waals surface area contributed by atoms with E-state index in [1.165, 1.54) is 16.2 Å². The Morgan fingerprint density at radius 3 is 1.82 bits per heavy atom. The SMILES string of the molecule is c1ccc(-c2nc(-c3ccccc3-n3c4cccc5c6ccccc6n6c7oc8ccccc8c7c7ccc3c(c54)c76)nc(-c3cccc4oc5ccccc5c34)n2)cc1. The van der Waals surface area contributed by atoms with Crippen LogP contribution in [0.2, 0.25) is 0 Å². The summed E-state index contributed by atoms with van der Waals surface area (Å²) in [5, 5.41) is 10.1. The lowest BCUT2D eigenvalue weighted by molar-refractivity contribution is 0.651. The fourth-order valence-electron chi connectivity index (χ4n) is 9.88. The lowest BCUT2D eigenvalue weighted by Gasteiger charge is -2.15. The minimum atomic E-state index is 0.579. The molecular weight excluding hydrogens is 739 g/mol. The first-order valence-corrected chi connectivity index (χ1v) is 20.1. The zero-order chi connectivity index (χ0) is 39.1. The van der Waals surface area contributed by atoms with Crippen molar-refractivity contribution in [3.63, 3.8) is 0 Å². The monoisotopic (exact) mass is 767 g/mol. The van der Waals surface area contributed by atoms with Gasteiger partial charge in [-0.15, -0.1) is 0 Å². The van der Waals surface area contributed by atoms with Crippen molar-refractivity contribution in [2.45, 2.75) is 0 Å². The van der Waals surface area contributed by atoms with Crippen LogP contribution in [0.5, 0.6) is 0 Å². The van der Waals surface area contributed by atoms with Crippen molar-refractivity contribution in [1.82, 2.24) is 23.9 Å². The predicted octanol–water partition coefficient (Wildman–Crippen LogP) is 13.8. The quantitative estimate of drug-likeness (QED) is 0.178. The third-order valence-corrected chi connectivity index (χ3v) is 12.3. The van der Waals surface area contributed by atoms with E-state index in [1.807, 2.05) is 66.7 Å². The van der Waals surface area contributed by atoms with Crippen molar-refractivity contribution < 1.29 is 8.83 Å². The summed E-state index contributed by atoms with van der Waals surface area (Å²) in [4.78, 5) is 15.8. The van der Waals surface area contributed by atoms with Gasteiger partial charge in [-0.2, -0.15) is 0 Å². The summed E-state index contributed by atoms with van der Waals surface area (Å²) < 4.78 is 17.8. The smallest absolute Gasteiger partial charge is 0.213 e. The molecule has 0 aliphatic carbocycles. The van der Waals surface area contributed by atoms with E-state index in [1.54, 1.807) is 0 Å². The Labute approximate surface area is 340 Å². The highest BCUT2D eigenvalue weighted by Crippen LogP contribution is 2.48. The van der Waals surface area contributed by atoms with Crippen LogP contribution in [0.15, 0.2) is 185 Å². The largest absolute Gasteiger partial charge is 0.456 e. The Morgan fingerprint density at radius 2 is 0.950 bits per heavy atom. The molecule has 0 aliphatic heterocycles. The number of fused-ring (bicyclic) bond motifs is 11. The van der Waals surface area contributed by atoms with Crippen LogP contribution < -0.4 is 0 Å². The van der Waals surface area contributed by atoms with Crippen LogP contribution >= 0.6 is 0 Å². The maximum absolute atomic E-state index is 6.77. The van der Waals surface area contributed by atoms with E-state index in [9.17, 15) is 0 Å². The van der Waals surface area contributed by atoms with Gasteiger partial charge in [0.1, 0.15) is 16.7 Å². The first kappa shape index (κ1) is 31.8. The number of rotatable bonds is 4. The van der Waals surface area contributed by atoms with E-state index in [0.717, 1.165) is 99.2 Å². The summed E-state index contributed by atoms with van der Waals surface area (Å²) in [5.74, 6) is 1.76. The standard InChI is InChI=1S/C53H29N5O2/c1-2-14-30(15-3-1)50-54-51(56-52(55-50)37-21-13-27-44-45(37)34-18-6-10-25-42(34)59-44)33-17-5-9-23-39(33)57-40-24-12-20-32-31-16-4-8-22-38(31)58-49-36(28-29-41(57)48(49)47(32)40)46-35-19-7-11-26-43(35)60-53(46)58/h1-29H. The zero-order valence-electron chi connectivity index (χ0n) is 31.8. The van der Waals surface area contributed by atoms with Crippen LogP contribution in [0, 0.1) is 0 Å². The molecule has 0 N–H and O–H groups in total. The van der Waals surface area contributed by atoms with Crippen LogP contribution in [0.1, 0.15) is 0 Å². The highest BCUT2D eigenvalue weighted by molar-refractivity contribution is 6.35. The molecule has 0 saturated carbocycles. The maximum atomic E-state index is 6.77. The van der Waals surface area contributed by atoms with Crippen LogP contribution in [0.25, 0.3) is 133 Å². The lowest BCUT2D eigenvalue weighted by Crippen LogP contribution is -2.03. The van der Waals surface area contributed by atoms with E-state index in [4.69, 9.17) is 23.8 Å². The third kappa shape index (κ3) is 4.14. The fourth-order valence-corrected chi connectivity index (χ4v) is 9.88. The summed E-state index contributed by atoms with van der Waals surface area (Å²) >= 11 is 0. The Bertz CT molecular complexity index is 4080. The summed E-state index contributed by atoms with van der Waals surface area (Å²) in [7, 11) is 0. The molecule has 278 valence electrons. The number of hydrogen-bond donors (Lipinski definition) is 0. The Hall–Kier alpha value is -8.29. The maximum Gasteiger partial charge on any atom is 0.213 e. The van der Waals surface area contributed by atoms with Crippen molar-refractivity contribution in [1.29, 1.82) is 0 Å². The van der Waals surface area contributed by atoms with Gasteiger partial charge < -0.3 is 13.4 Å². The molecule has 7 nitrogen and oxygen atoms in total. The molecule has 0 radical (unpaired) electrons. The first-order valence-electron chi connectivity index (χ1n) is 20.1. The zero-order valence-corrected chi connectivity index (χ0v) is 31.8. The lowest BCUT2D eigenvalue weighted by atomic mass is 10.0. The van der Waals surface area contributed by atoms with Crippen LogP contribution in [0.4, 0.5) is 0 Å².